The minimum Gasteiger partial charge on any atom is -0.452 e. The van der Waals surface area contributed by atoms with Crippen LogP contribution >= 0.6 is 0 Å². The first-order valence-corrected chi connectivity index (χ1v) is 5.94. The van der Waals surface area contributed by atoms with Gasteiger partial charge in [0.1, 0.15) is 0 Å². The molecule has 0 fully saturated rings. The molecule has 1 heterocycles. The van der Waals surface area contributed by atoms with E-state index in [2.05, 4.69) is 33.8 Å². The smallest absolute Gasteiger partial charge is 0.417 e. The van der Waals surface area contributed by atoms with Crippen LogP contribution in [0.15, 0.2) is 35.7 Å². The third kappa shape index (κ3) is 3.22. The molecule has 0 radical (unpaired) electrons. The van der Waals surface area contributed by atoms with Crippen LogP contribution in [0.2, 0.25) is 0 Å². The summed E-state index contributed by atoms with van der Waals surface area (Å²) >= 11 is 0. The zero-order chi connectivity index (χ0) is 13.0. The maximum atomic E-state index is 11.7. The van der Waals surface area contributed by atoms with Gasteiger partial charge in [0, 0.05) is 11.9 Å². The van der Waals surface area contributed by atoms with Crippen molar-refractivity contribution in [2.45, 2.75) is 27.7 Å². The molecule has 0 atom stereocenters. The van der Waals surface area contributed by atoms with Gasteiger partial charge in [-0.05, 0) is 29.6 Å². The molecule has 0 aromatic carbocycles. The first kappa shape index (κ1) is 13.6. The lowest BCUT2D eigenvalue weighted by atomic mass is 10.0. The van der Waals surface area contributed by atoms with Gasteiger partial charge < -0.3 is 4.74 Å². The van der Waals surface area contributed by atoms with Gasteiger partial charge in [0.15, 0.2) is 0 Å². The molecule has 0 aromatic heterocycles. The fourth-order valence-electron chi connectivity index (χ4n) is 1.68. The lowest BCUT2D eigenvalue weighted by molar-refractivity contribution is 0.146. The van der Waals surface area contributed by atoms with Crippen LogP contribution < -0.4 is 0 Å². The Bertz CT molecular complexity index is 376. The minimum atomic E-state index is -0.348. The SMILES string of the molecule is COC(=O)N1C=CC(C(C)C)=CC=C1C(C)C. The number of hydrogen-bond donors (Lipinski definition) is 0. The van der Waals surface area contributed by atoms with Crippen molar-refractivity contribution in [1.82, 2.24) is 4.90 Å². The predicted molar refractivity (Wildman–Crippen MR) is 69.2 cm³/mol. The lowest BCUT2D eigenvalue weighted by Crippen LogP contribution is -2.27. The van der Waals surface area contributed by atoms with Gasteiger partial charge in [-0.1, -0.05) is 33.8 Å². The zero-order valence-electron chi connectivity index (χ0n) is 11.2. The molecule has 1 aliphatic rings. The van der Waals surface area contributed by atoms with Crippen LogP contribution in [-0.4, -0.2) is 18.1 Å². The first-order valence-electron chi connectivity index (χ1n) is 5.94. The molecule has 0 unspecified atom stereocenters. The molecule has 0 bridgehead atoms. The van der Waals surface area contributed by atoms with Crippen LogP contribution in [0.5, 0.6) is 0 Å². The van der Waals surface area contributed by atoms with E-state index in [0.29, 0.717) is 5.92 Å². The highest BCUT2D eigenvalue weighted by Gasteiger charge is 2.20. The second kappa shape index (κ2) is 5.71. The fourth-order valence-corrected chi connectivity index (χ4v) is 1.68. The summed E-state index contributed by atoms with van der Waals surface area (Å²) < 4.78 is 4.79. The van der Waals surface area contributed by atoms with E-state index >= 15 is 0 Å². The Kier molecular flexibility index (Phi) is 4.55. The molecule has 94 valence electrons. The molecule has 0 saturated carbocycles. The summed E-state index contributed by atoms with van der Waals surface area (Å²) in [4.78, 5) is 13.3. The second-order valence-electron chi connectivity index (χ2n) is 4.72. The van der Waals surface area contributed by atoms with E-state index in [-0.39, 0.29) is 12.0 Å². The number of carbonyl (C=O) groups excluding carboxylic acids is 1. The number of rotatable bonds is 2. The van der Waals surface area contributed by atoms with Crippen molar-refractivity contribution in [3.63, 3.8) is 0 Å². The molecule has 3 heteroatoms. The van der Waals surface area contributed by atoms with Gasteiger partial charge in [-0.2, -0.15) is 0 Å². The van der Waals surface area contributed by atoms with Crippen LogP contribution in [0.25, 0.3) is 0 Å². The number of carbonyl (C=O) groups is 1. The zero-order valence-corrected chi connectivity index (χ0v) is 11.2. The largest absolute Gasteiger partial charge is 0.452 e. The minimum absolute atomic E-state index is 0.265. The Morgan fingerprint density at radius 3 is 2.29 bits per heavy atom. The summed E-state index contributed by atoms with van der Waals surface area (Å²) in [6.07, 6.45) is 7.47. The van der Waals surface area contributed by atoms with Gasteiger partial charge >= 0.3 is 6.09 Å². The Labute approximate surface area is 103 Å². The Morgan fingerprint density at radius 2 is 1.82 bits per heavy atom. The van der Waals surface area contributed by atoms with Crippen LogP contribution in [-0.2, 0) is 4.74 Å². The van der Waals surface area contributed by atoms with Crippen molar-refractivity contribution >= 4 is 6.09 Å². The maximum Gasteiger partial charge on any atom is 0.417 e. The first-order chi connectivity index (χ1) is 7.97. The van der Waals surface area contributed by atoms with E-state index in [9.17, 15) is 4.79 Å². The van der Waals surface area contributed by atoms with E-state index in [4.69, 9.17) is 4.74 Å². The van der Waals surface area contributed by atoms with Crippen LogP contribution in [0.1, 0.15) is 27.7 Å². The van der Waals surface area contributed by atoms with Crippen LogP contribution in [0.4, 0.5) is 4.79 Å². The summed E-state index contributed by atoms with van der Waals surface area (Å²) in [5.41, 5.74) is 2.15. The van der Waals surface area contributed by atoms with Gasteiger partial charge in [0.2, 0.25) is 0 Å². The molecule has 0 spiro atoms. The standard InChI is InChI=1S/C14H21NO2/c1-10(2)12-6-7-13(11(3)4)15(9-8-12)14(16)17-5/h6-11H,1-5H3. The van der Waals surface area contributed by atoms with Crippen molar-refractivity contribution < 1.29 is 9.53 Å². The average Bonchev–Trinajstić information content (AvgIpc) is 2.50. The van der Waals surface area contributed by atoms with E-state index in [1.807, 2.05) is 12.2 Å². The summed E-state index contributed by atoms with van der Waals surface area (Å²) in [5.74, 6) is 0.704. The van der Waals surface area contributed by atoms with Crippen LogP contribution in [0.3, 0.4) is 0 Å². The molecule has 1 rings (SSSR count). The normalized spacial score (nSPS) is 15.8. The number of hydrogen-bond acceptors (Lipinski definition) is 2. The monoisotopic (exact) mass is 235 g/mol. The van der Waals surface area contributed by atoms with Gasteiger partial charge in [-0.3, -0.25) is 4.90 Å². The van der Waals surface area contributed by atoms with Crippen molar-refractivity contribution in [3.05, 3.63) is 35.7 Å². The molecule has 3 nitrogen and oxygen atoms in total. The summed E-state index contributed by atoms with van der Waals surface area (Å²) in [6.45, 7) is 8.38. The molecule has 0 saturated heterocycles. The number of nitrogens with zero attached hydrogens (tertiary/aromatic N) is 1. The molecule has 0 aliphatic carbocycles. The van der Waals surface area contributed by atoms with Crippen molar-refractivity contribution in [1.29, 1.82) is 0 Å². The van der Waals surface area contributed by atoms with Crippen molar-refractivity contribution in [2.24, 2.45) is 11.8 Å². The summed E-state index contributed by atoms with van der Waals surface area (Å²) in [7, 11) is 1.40. The number of ether oxygens (including phenoxy) is 1. The van der Waals surface area contributed by atoms with Gasteiger partial charge in [0.05, 0.1) is 7.11 Å². The molecular weight excluding hydrogens is 214 g/mol. The molecule has 17 heavy (non-hydrogen) atoms. The molecular formula is C14H21NO2. The summed E-state index contributed by atoms with van der Waals surface area (Å²) in [5, 5.41) is 0. The quantitative estimate of drug-likeness (QED) is 0.730. The number of methoxy groups -OCH3 is 1. The number of allylic oxidation sites excluding steroid dienone is 5. The van der Waals surface area contributed by atoms with E-state index in [1.54, 1.807) is 11.1 Å². The molecule has 0 aromatic rings. The van der Waals surface area contributed by atoms with E-state index in [1.165, 1.54) is 12.7 Å². The highest BCUT2D eigenvalue weighted by molar-refractivity contribution is 5.71. The third-order valence-electron chi connectivity index (χ3n) is 2.77. The highest BCUT2D eigenvalue weighted by atomic mass is 16.5. The van der Waals surface area contributed by atoms with Crippen LogP contribution in [0, 0.1) is 11.8 Å². The highest BCUT2D eigenvalue weighted by Crippen LogP contribution is 2.23. The second-order valence-corrected chi connectivity index (χ2v) is 4.72. The van der Waals surface area contributed by atoms with Gasteiger partial charge in [-0.25, -0.2) is 4.79 Å². The molecule has 1 amide bonds. The Hall–Kier alpha value is -1.51. The molecule has 0 N–H and O–H groups in total. The maximum absolute atomic E-state index is 11.7. The Balaban J connectivity index is 3.10. The topological polar surface area (TPSA) is 29.5 Å². The Morgan fingerprint density at radius 1 is 1.18 bits per heavy atom. The lowest BCUT2D eigenvalue weighted by Gasteiger charge is -2.22. The predicted octanol–water partition coefficient (Wildman–Crippen LogP) is 3.70. The fraction of sp³-hybridized carbons (Fsp3) is 0.500. The van der Waals surface area contributed by atoms with Crippen molar-refractivity contribution in [2.75, 3.05) is 7.11 Å². The van der Waals surface area contributed by atoms with E-state index in [0.717, 1.165) is 5.70 Å². The number of amides is 1. The van der Waals surface area contributed by atoms with Crippen molar-refractivity contribution in [3.8, 4) is 0 Å². The average molecular weight is 235 g/mol. The van der Waals surface area contributed by atoms with E-state index < -0.39 is 0 Å². The molecule has 1 aliphatic heterocycles. The third-order valence-corrected chi connectivity index (χ3v) is 2.77. The summed E-state index contributed by atoms with van der Waals surface area (Å²) in [6, 6.07) is 0. The van der Waals surface area contributed by atoms with Gasteiger partial charge in [0.25, 0.3) is 0 Å². The van der Waals surface area contributed by atoms with Gasteiger partial charge in [-0.15, -0.1) is 0 Å².